The average molecular weight is 415 g/mol. The summed E-state index contributed by atoms with van der Waals surface area (Å²) in [6.07, 6.45) is 3.08. The first-order valence-corrected chi connectivity index (χ1v) is 9.95. The van der Waals surface area contributed by atoms with Gasteiger partial charge in [0.15, 0.2) is 0 Å². The Hall–Kier alpha value is -3.91. The number of rotatable bonds is 5. The van der Waals surface area contributed by atoms with Crippen LogP contribution in [0.1, 0.15) is 26.3 Å². The first kappa shape index (κ1) is 19.4. The number of pyridine rings is 1. The molecule has 8 heteroatoms. The standard InChI is InChI=1S/C22H17N5O2S/c1-14-6-5-9-17(18(14)24-19(28)15-10-12-23-13-11-15)20(29)25-22-27-26-21(30-22)16-7-3-2-4-8-16/h2-13H,1H3,(H,24,28)(H,25,27,29). The van der Waals surface area contributed by atoms with Crippen molar-refractivity contribution in [2.75, 3.05) is 10.6 Å². The van der Waals surface area contributed by atoms with Crippen LogP contribution in [-0.2, 0) is 0 Å². The maximum atomic E-state index is 12.9. The first-order valence-electron chi connectivity index (χ1n) is 9.13. The van der Waals surface area contributed by atoms with Crippen LogP contribution < -0.4 is 10.6 Å². The van der Waals surface area contributed by atoms with Gasteiger partial charge in [-0.05, 0) is 30.7 Å². The van der Waals surface area contributed by atoms with Crippen molar-refractivity contribution in [1.29, 1.82) is 0 Å². The minimum absolute atomic E-state index is 0.317. The normalized spacial score (nSPS) is 10.4. The van der Waals surface area contributed by atoms with E-state index in [-0.39, 0.29) is 11.8 Å². The first-order chi connectivity index (χ1) is 14.6. The molecule has 2 heterocycles. The SMILES string of the molecule is Cc1cccc(C(=O)Nc2nnc(-c3ccccc3)s2)c1NC(=O)c1ccncc1. The van der Waals surface area contributed by atoms with E-state index in [0.29, 0.717) is 27.0 Å². The van der Waals surface area contributed by atoms with Gasteiger partial charge in [-0.3, -0.25) is 19.9 Å². The maximum Gasteiger partial charge on any atom is 0.259 e. The van der Waals surface area contributed by atoms with E-state index in [0.717, 1.165) is 11.1 Å². The minimum Gasteiger partial charge on any atom is -0.321 e. The Kier molecular flexibility index (Phi) is 5.58. The molecular formula is C22H17N5O2S. The lowest BCUT2D eigenvalue weighted by Crippen LogP contribution is -2.19. The van der Waals surface area contributed by atoms with Gasteiger partial charge < -0.3 is 5.32 Å². The highest BCUT2D eigenvalue weighted by Crippen LogP contribution is 2.27. The molecule has 0 bridgehead atoms. The smallest absolute Gasteiger partial charge is 0.259 e. The van der Waals surface area contributed by atoms with Crippen LogP contribution in [0.5, 0.6) is 0 Å². The van der Waals surface area contributed by atoms with E-state index < -0.39 is 0 Å². The molecule has 4 aromatic rings. The molecule has 7 nitrogen and oxygen atoms in total. The van der Waals surface area contributed by atoms with Crippen molar-refractivity contribution in [3.8, 4) is 10.6 Å². The van der Waals surface area contributed by atoms with Crippen LogP contribution in [0.3, 0.4) is 0 Å². The van der Waals surface area contributed by atoms with Gasteiger partial charge in [0.1, 0.15) is 5.01 Å². The molecule has 0 radical (unpaired) electrons. The Morgan fingerprint density at radius 3 is 2.37 bits per heavy atom. The summed E-state index contributed by atoms with van der Waals surface area (Å²) in [7, 11) is 0. The molecule has 2 amide bonds. The minimum atomic E-state index is -0.375. The van der Waals surface area contributed by atoms with Gasteiger partial charge in [0, 0.05) is 23.5 Å². The number of aromatic nitrogens is 3. The van der Waals surface area contributed by atoms with E-state index >= 15 is 0 Å². The molecule has 30 heavy (non-hydrogen) atoms. The van der Waals surface area contributed by atoms with Crippen molar-refractivity contribution < 1.29 is 9.59 Å². The number of benzene rings is 2. The predicted octanol–water partition coefficient (Wildman–Crippen LogP) is 4.41. The topological polar surface area (TPSA) is 96.9 Å². The summed E-state index contributed by atoms with van der Waals surface area (Å²) < 4.78 is 0. The zero-order valence-corrected chi connectivity index (χ0v) is 16.8. The number of para-hydroxylation sites is 1. The van der Waals surface area contributed by atoms with Gasteiger partial charge >= 0.3 is 0 Å². The molecule has 4 rings (SSSR count). The van der Waals surface area contributed by atoms with Crippen LogP contribution in [0, 0.1) is 6.92 Å². The number of hydrogen-bond acceptors (Lipinski definition) is 6. The third kappa shape index (κ3) is 4.23. The van der Waals surface area contributed by atoms with Crippen LogP contribution in [0.25, 0.3) is 10.6 Å². The van der Waals surface area contributed by atoms with E-state index in [1.807, 2.05) is 43.3 Å². The lowest BCUT2D eigenvalue weighted by atomic mass is 10.1. The average Bonchev–Trinajstić information content (AvgIpc) is 3.24. The van der Waals surface area contributed by atoms with Crippen LogP contribution in [0.4, 0.5) is 10.8 Å². The summed E-state index contributed by atoms with van der Waals surface area (Å²) in [5.41, 5.74) is 2.94. The van der Waals surface area contributed by atoms with Crippen LogP contribution in [0.2, 0.25) is 0 Å². The zero-order chi connectivity index (χ0) is 20.9. The fourth-order valence-electron chi connectivity index (χ4n) is 2.85. The van der Waals surface area contributed by atoms with Gasteiger partial charge in [-0.15, -0.1) is 10.2 Å². The van der Waals surface area contributed by atoms with Crippen LogP contribution >= 0.6 is 11.3 Å². The van der Waals surface area contributed by atoms with E-state index in [9.17, 15) is 9.59 Å². The molecular weight excluding hydrogens is 398 g/mol. The van der Waals surface area contributed by atoms with E-state index in [1.165, 1.54) is 11.3 Å². The van der Waals surface area contributed by atoms with Crippen molar-refractivity contribution in [3.05, 3.63) is 89.7 Å². The van der Waals surface area contributed by atoms with Gasteiger partial charge in [-0.2, -0.15) is 0 Å². The molecule has 0 unspecified atom stereocenters. The molecule has 0 fully saturated rings. The summed E-state index contributed by atoms with van der Waals surface area (Å²) in [5, 5.41) is 14.9. The van der Waals surface area contributed by atoms with Crippen molar-refractivity contribution in [1.82, 2.24) is 15.2 Å². The number of amides is 2. The van der Waals surface area contributed by atoms with E-state index in [4.69, 9.17) is 0 Å². The molecule has 0 saturated carbocycles. The number of nitrogens with one attached hydrogen (secondary N) is 2. The van der Waals surface area contributed by atoms with Gasteiger partial charge in [-0.25, -0.2) is 0 Å². The molecule has 0 atom stereocenters. The third-order valence-corrected chi connectivity index (χ3v) is 5.25. The largest absolute Gasteiger partial charge is 0.321 e. The Balaban J connectivity index is 1.56. The highest BCUT2D eigenvalue weighted by Gasteiger charge is 2.18. The number of hydrogen-bond donors (Lipinski definition) is 2. The summed E-state index contributed by atoms with van der Waals surface area (Å²) in [6.45, 7) is 1.83. The predicted molar refractivity (Wildman–Crippen MR) is 117 cm³/mol. The van der Waals surface area contributed by atoms with Gasteiger partial charge in [0.2, 0.25) is 5.13 Å². The Bertz CT molecular complexity index is 1190. The van der Waals surface area contributed by atoms with Gasteiger partial charge in [0.05, 0.1) is 11.3 Å². The van der Waals surface area contributed by atoms with Crippen molar-refractivity contribution in [2.45, 2.75) is 6.92 Å². The highest BCUT2D eigenvalue weighted by molar-refractivity contribution is 7.18. The highest BCUT2D eigenvalue weighted by atomic mass is 32.1. The fourth-order valence-corrected chi connectivity index (χ4v) is 3.59. The molecule has 0 spiro atoms. The fraction of sp³-hybridized carbons (Fsp3) is 0.0455. The molecule has 2 aromatic carbocycles. The molecule has 2 aromatic heterocycles. The Morgan fingerprint density at radius 2 is 1.60 bits per heavy atom. The van der Waals surface area contributed by atoms with Crippen molar-refractivity contribution >= 4 is 34.0 Å². The zero-order valence-electron chi connectivity index (χ0n) is 16.0. The van der Waals surface area contributed by atoms with Gasteiger partial charge in [0.25, 0.3) is 11.8 Å². The molecule has 0 aliphatic rings. The monoisotopic (exact) mass is 415 g/mol. The lowest BCUT2D eigenvalue weighted by Gasteiger charge is -2.13. The van der Waals surface area contributed by atoms with Crippen molar-refractivity contribution in [2.24, 2.45) is 0 Å². The van der Waals surface area contributed by atoms with Crippen LogP contribution in [0.15, 0.2) is 73.1 Å². The second-order valence-corrected chi connectivity index (χ2v) is 7.40. The molecule has 0 aliphatic carbocycles. The second-order valence-electron chi connectivity index (χ2n) is 6.42. The summed E-state index contributed by atoms with van der Waals surface area (Å²) in [4.78, 5) is 29.4. The van der Waals surface area contributed by atoms with Gasteiger partial charge in [-0.1, -0.05) is 53.8 Å². The summed E-state index contributed by atoms with van der Waals surface area (Å²) in [5.74, 6) is -0.692. The molecule has 148 valence electrons. The third-order valence-electron chi connectivity index (χ3n) is 4.36. The Morgan fingerprint density at radius 1 is 0.833 bits per heavy atom. The molecule has 0 saturated heterocycles. The van der Waals surface area contributed by atoms with Crippen LogP contribution in [-0.4, -0.2) is 27.0 Å². The second kappa shape index (κ2) is 8.62. The number of anilines is 2. The quantitative estimate of drug-likeness (QED) is 0.503. The Labute approximate surface area is 176 Å². The summed E-state index contributed by atoms with van der Waals surface area (Å²) in [6, 6.07) is 18.1. The number of carbonyl (C=O) groups is 2. The van der Waals surface area contributed by atoms with E-state index in [1.54, 1.807) is 36.7 Å². The van der Waals surface area contributed by atoms with Crippen molar-refractivity contribution in [3.63, 3.8) is 0 Å². The lowest BCUT2D eigenvalue weighted by molar-refractivity contribution is 0.102. The van der Waals surface area contributed by atoms with E-state index in [2.05, 4.69) is 25.8 Å². The number of aryl methyl sites for hydroxylation is 1. The number of nitrogens with zero attached hydrogens (tertiary/aromatic N) is 3. The maximum absolute atomic E-state index is 12.9. The molecule has 2 N–H and O–H groups in total. The summed E-state index contributed by atoms with van der Waals surface area (Å²) >= 11 is 1.28. The molecule has 0 aliphatic heterocycles. The number of carbonyl (C=O) groups excluding carboxylic acids is 2.